The predicted molar refractivity (Wildman–Crippen MR) is 62.9 cm³/mol. The Morgan fingerprint density at radius 2 is 2.00 bits per heavy atom. The van der Waals surface area contributed by atoms with Crippen LogP contribution in [-0.4, -0.2) is 10.8 Å². The van der Waals surface area contributed by atoms with Gasteiger partial charge in [0.1, 0.15) is 0 Å². The van der Waals surface area contributed by atoms with E-state index in [0.29, 0.717) is 5.56 Å². The third-order valence-corrected chi connectivity index (χ3v) is 2.12. The standard InChI is InChI=1S/C14H10NO.La/c16-14(13-7-4-10-15-11-13)9-8-12-5-2-1-3-6-12;/h2-11H;/q-1;/b9-8+;. The van der Waals surface area contributed by atoms with Crippen LogP contribution in [0.3, 0.4) is 0 Å². The summed E-state index contributed by atoms with van der Waals surface area (Å²) in [6, 6.07) is 13.8. The van der Waals surface area contributed by atoms with Gasteiger partial charge in [0, 0.05) is 53.6 Å². The molecule has 0 saturated heterocycles. The summed E-state index contributed by atoms with van der Waals surface area (Å²) in [7, 11) is 0. The summed E-state index contributed by atoms with van der Waals surface area (Å²) in [4.78, 5) is 15.6. The van der Waals surface area contributed by atoms with E-state index in [4.69, 9.17) is 0 Å². The number of carbonyl (C=O) groups excluding carboxylic acids is 1. The van der Waals surface area contributed by atoms with Crippen LogP contribution in [0.25, 0.3) is 6.08 Å². The fourth-order valence-electron chi connectivity index (χ4n) is 1.29. The molecule has 2 nitrogen and oxygen atoms in total. The van der Waals surface area contributed by atoms with Gasteiger partial charge in [0.15, 0.2) is 5.78 Å². The van der Waals surface area contributed by atoms with E-state index in [1.165, 1.54) is 0 Å². The number of ketones is 1. The smallest absolute Gasteiger partial charge is 0.187 e. The second-order valence-corrected chi connectivity index (χ2v) is 3.27. The van der Waals surface area contributed by atoms with Crippen molar-refractivity contribution in [3.8, 4) is 0 Å². The van der Waals surface area contributed by atoms with E-state index in [0.717, 1.165) is 5.56 Å². The van der Waals surface area contributed by atoms with Crippen molar-refractivity contribution in [3.63, 3.8) is 0 Å². The Bertz CT molecular complexity index is 494. The molecule has 0 spiro atoms. The molecular formula is C14H10LaNO-. The molecule has 0 atom stereocenters. The zero-order chi connectivity index (χ0) is 11.2. The molecule has 0 aliphatic rings. The van der Waals surface area contributed by atoms with E-state index in [9.17, 15) is 4.79 Å². The molecule has 0 N–H and O–H groups in total. The van der Waals surface area contributed by atoms with Gasteiger partial charge in [0.05, 0.1) is 0 Å². The molecule has 0 unspecified atom stereocenters. The monoisotopic (exact) mass is 347 g/mol. The van der Waals surface area contributed by atoms with E-state index in [2.05, 4.69) is 11.1 Å². The summed E-state index contributed by atoms with van der Waals surface area (Å²) in [5, 5.41) is 0. The van der Waals surface area contributed by atoms with Gasteiger partial charge in [-0.3, -0.25) is 9.78 Å². The van der Waals surface area contributed by atoms with E-state index in [1.807, 2.05) is 24.3 Å². The first-order valence-corrected chi connectivity index (χ1v) is 4.95. The van der Waals surface area contributed by atoms with Gasteiger partial charge in [0.2, 0.25) is 0 Å². The molecule has 3 heteroatoms. The van der Waals surface area contributed by atoms with Gasteiger partial charge in [-0.25, -0.2) is 0 Å². The van der Waals surface area contributed by atoms with Crippen LogP contribution in [0.4, 0.5) is 0 Å². The number of nitrogens with zero attached hydrogens (tertiary/aromatic N) is 1. The molecule has 2 aromatic rings. The average Bonchev–Trinajstić information content (AvgIpc) is 2.38. The molecule has 1 aromatic heterocycles. The van der Waals surface area contributed by atoms with Crippen molar-refractivity contribution in [2.45, 2.75) is 0 Å². The Hall–Kier alpha value is -1.03. The predicted octanol–water partition coefficient (Wildman–Crippen LogP) is 2.78. The van der Waals surface area contributed by atoms with Gasteiger partial charge >= 0.3 is 0 Å². The number of hydrogen-bond donors (Lipinski definition) is 0. The number of rotatable bonds is 3. The van der Waals surface area contributed by atoms with Gasteiger partial charge in [0.25, 0.3) is 0 Å². The minimum absolute atomic E-state index is 0. The maximum absolute atomic E-state index is 11.7. The van der Waals surface area contributed by atoms with Crippen molar-refractivity contribution < 1.29 is 40.4 Å². The topological polar surface area (TPSA) is 30.0 Å². The first kappa shape index (κ1) is 14.0. The SMILES string of the molecule is O=C(/C=C/c1cc[c-]cc1)c1cccnc1.[La]. The minimum Gasteiger partial charge on any atom is -0.289 e. The normalized spacial score (nSPS) is 9.88. The number of allylic oxidation sites excluding steroid dienone is 1. The quantitative estimate of drug-likeness (QED) is 0.486. The van der Waals surface area contributed by atoms with E-state index < -0.39 is 0 Å². The summed E-state index contributed by atoms with van der Waals surface area (Å²) in [6.07, 6.45) is 6.54. The fraction of sp³-hybridized carbons (Fsp3) is 0. The second-order valence-electron chi connectivity index (χ2n) is 3.27. The van der Waals surface area contributed by atoms with Crippen molar-refractivity contribution in [2.75, 3.05) is 0 Å². The van der Waals surface area contributed by atoms with Crippen molar-refractivity contribution in [3.05, 3.63) is 72.1 Å². The van der Waals surface area contributed by atoms with Crippen molar-refractivity contribution in [1.82, 2.24) is 4.98 Å². The number of aromatic nitrogens is 1. The average molecular weight is 347 g/mol. The first-order valence-electron chi connectivity index (χ1n) is 4.95. The van der Waals surface area contributed by atoms with E-state index in [1.54, 1.807) is 36.7 Å². The summed E-state index contributed by atoms with van der Waals surface area (Å²) in [5.41, 5.74) is 1.58. The van der Waals surface area contributed by atoms with E-state index in [-0.39, 0.29) is 41.4 Å². The number of benzene rings is 1. The molecule has 0 aliphatic carbocycles. The molecule has 1 radical (unpaired) electrons. The molecule has 17 heavy (non-hydrogen) atoms. The van der Waals surface area contributed by atoms with Crippen LogP contribution in [0.1, 0.15) is 15.9 Å². The molecule has 0 saturated carbocycles. The third kappa shape index (κ3) is 4.39. The van der Waals surface area contributed by atoms with Crippen molar-refractivity contribution in [2.24, 2.45) is 0 Å². The molecule has 1 aromatic carbocycles. The van der Waals surface area contributed by atoms with Crippen LogP contribution in [0.15, 0.2) is 54.9 Å². The maximum atomic E-state index is 11.7. The summed E-state index contributed by atoms with van der Waals surface area (Å²) in [6.45, 7) is 0. The van der Waals surface area contributed by atoms with Crippen LogP contribution in [0, 0.1) is 41.7 Å². The third-order valence-electron chi connectivity index (χ3n) is 2.12. The number of carbonyl (C=O) groups is 1. The Morgan fingerprint density at radius 3 is 2.65 bits per heavy atom. The summed E-state index contributed by atoms with van der Waals surface area (Å²) in [5.74, 6) is -0.0408. The Balaban J connectivity index is 0.00000144. The fourth-order valence-corrected chi connectivity index (χ4v) is 1.29. The largest absolute Gasteiger partial charge is 0.289 e. The Kier molecular flexibility index (Phi) is 6.05. The minimum atomic E-state index is -0.0408. The van der Waals surface area contributed by atoms with Crippen molar-refractivity contribution >= 4 is 11.9 Å². The van der Waals surface area contributed by atoms with Crippen LogP contribution < -0.4 is 0 Å². The molecule has 0 bridgehead atoms. The Morgan fingerprint density at radius 1 is 1.24 bits per heavy atom. The van der Waals surface area contributed by atoms with Crippen LogP contribution in [-0.2, 0) is 0 Å². The first-order chi connectivity index (χ1) is 7.86. The molecule has 0 aliphatic heterocycles. The summed E-state index contributed by atoms with van der Waals surface area (Å²) >= 11 is 0. The summed E-state index contributed by atoms with van der Waals surface area (Å²) < 4.78 is 0. The molecule has 0 fully saturated rings. The second kappa shape index (κ2) is 7.33. The molecule has 81 valence electrons. The molecule has 0 amide bonds. The van der Waals surface area contributed by atoms with Crippen molar-refractivity contribution in [1.29, 1.82) is 0 Å². The van der Waals surface area contributed by atoms with Crippen LogP contribution in [0.5, 0.6) is 0 Å². The molecular weight excluding hydrogens is 337 g/mol. The van der Waals surface area contributed by atoms with Gasteiger partial charge in [-0.2, -0.15) is 30.3 Å². The van der Waals surface area contributed by atoms with Crippen LogP contribution >= 0.6 is 0 Å². The van der Waals surface area contributed by atoms with E-state index >= 15 is 0 Å². The van der Waals surface area contributed by atoms with Gasteiger partial charge in [-0.15, -0.1) is 5.56 Å². The Labute approximate surface area is 128 Å². The number of pyridine rings is 1. The zero-order valence-corrected chi connectivity index (χ0v) is 12.8. The molecule has 2 rings (SSSR count). The van der Waals surface area contributed by atoms with Gasteiger partial charge < -0.3 is 0 Å². The van der Waals surface area contributed by atoms with Crippen LogP contribution in [0.2, 0.25) is 0 Å². The maximum Gasteiger partial charge on any atom is 0.187 e. The number of hydrogen-bond acceptors (Lipinski definition) is 2. The zero-order valence-electron chi connectivity index (χ0n) is 9.21. The van der Waals surface area contributed by atoms with Gasteiger partial charge in [-0.05, 0) is 18.2 Å². The van der Waals surface area contributed by atoms with Gasteiger partial charge in [-0.1, -0.05) is 6.08 Å². The molecule has 1 heterocycles.